The number of allylic oxidation sites excluding steroid dienone is 1. The van der Waals surface area contributed by atoms with E-state index < -0.39 is 5.60 Å². The number of amides is 1. The Morgan fingerprint density at radius 1 is 1.33 bits per heavy atom. The first-order valence-electron chi connectivity index (χ1n) is 8.30. The van der Waals surface area contributed by atoms with Crippen molar-refractivity contribution in [2.45, 2.75) is 64.5 Å². The van der Waals surface area contributed by atoms with Crippen LogP contribution in [0.15, 0.2) is 12.2 Å². The van der Waals surface area contributed by atoms with Gasteiger partial charge in [0, 0.05) is 19.1 Å². The Labute approximate surface area is 128 Å². The van der Waals surface area contributed by atoms with Crippen LogP contribution in [-0.4, -0.2) is 42.3 Å². The molecule has 120 valence electrons. The fourth-order valence-electron chi connectivity index (χ4n) is 3.04. The smallest absolute Gasteiger partial charge is 0.410 e. The van der Waals surface area contributed by atoms with Crippen LogP contribution < -0.4 is 5.32 Å². The van der Waals surface area contributed by atoms with Gasteiger partial charge in [-0.15, -0.1) is 0 Å². The van der Waals surface area contributed by atoms with Gasteiger partial charge in [-0.25, -0.2) is 4.79 Å². The van der Waals surface area contributed by atoms with Crippen molar-refractivity contribution in [3.05, 3.63) is 12.2 Å². The zero-order valence-electron chi connectivity index (χ0n) is 13.7. The maximum absolute atomic E-state index is 12.1. The quantitative estimate of drug-likeness (QED) is 0.812. The molecule has 21 heavy (non-hydrogen) atoms. The van der Waals surface area contributed by atoms with E-state index in [9.17, 15) is 4.79 Å². The summed E-state index contributed by atoms with van der Waals surface area (Å²) in [5.74, 6) is 0.553. The lowest BCUT2D eigenvalue weighted by Gasteiger charge is -2.35. The van der Waals surface area contributed by atoms with Gasteiger partial charge in [-0.2, -0.15) is 0 Å². The minimum absolute atomic E-state index is 0.159. The lowest BCUT2D eigenvalue weighted by atomic mass is 9.96. The predicted molar refractivity (Wildman–Crippen MR) is 85.3 cm³/mol. The van der Waals surface area contributed by atoms with Crippen molar-refractivity contribution in [2.24, 2.45) is 5.92 Å². The largest absolute Gasteiger partial charge is 0.444 e. The molecule has 1 aliphatic carbocycles. The van der Waals surface area contributed by atoms with E-state index in [2.05, 4.69) is 17.5 Å². The molecule has 1 fully saturated rings. The van der Waals surface area contributed by atoms with Gasteiger partial charge >= 0.3 is 6.09 Å². The lowest BCUT2D eigenvalue weighted by Crippen LogP contribution is -2.46. The number of hydrogen-bond donors (Lipinski definition) is 1. The average Bonchev–Trinajstić information content (AvgIpc) is 2.45. The maximum atomic E-state index is 12.1. The Bertz CT molecular complexity index is 373. The van der Waals surface area contributed by atoms with E-state index in [4.69, 9.17) is 4.74 Å². The highest BCUT2D eigenvalue weighted by atomic mass is 16.6. The maximum Gasteiger partial charge on any atom is 0.410 e. The second kappa shape index (κ2) is 7.30. The molecule has 0 radical (unpaired) electrons. The second-order valence-electron chi connectivity index (χ2n) is 7.32. The third-order valence-electron chi connectivity index (χ3n) is 4.13. The lowest BCUT2D eigenvalue weighted by molar-refractivity contribution is 0.0165. The van der Waals surface area contributed by atoms with Crippen LogP contribution in [0.2, 0.25) is 0 Å². The first-order chi connectivity index (χ1) is 9.94. The van der Waals surface area contributed by atoms with E-state index >= 15 is 0 Å². The van der Waals surface area contributed by atoms with Crippen LogP contribution >= 0.6 is 0 Å². The summed E-state index contributed by atoms with van der Waals surface area (Å²) in [6.45, 7) is 8.43. The molecule has 1 amide bonds. The molecule has 0 bridgehead atoms. The van der Waals surface area contributed by atoms with Crippen LogP contribution in [-0.2, 0) is 4.74 Å². The number of hydrogen-bond acceptors (Lipinski definition) is 3. The molecule has 4 heteroatoms. The number of ether oxygens (including phenoxy) is 1. The van der Waals surface area contributed by atoms with Crippen LogP contribution in [0, 0.1) is 5.92 Å². The van der Waals surface area contributed by atoms with Gasteiger partial charge in [0.05, 0.1) is 0 Å². The van der Waals surface area contributed by atoms with E-state index in [1.807, 2.05) is 25.7 Å². The van der Waals surface area contributed by atoms with Gasteiger partial charge in [-0.3, -0.25) is 0 Å². The number of carbonyl (C=O) groups excluding carboxylic acids is 1. The molecule has 1 saturated heterocycles. The number of carbonyl (C=O) groups is 1. The van der Waals surface area contributed by atoms with E-state index in [1.54, 1.807) is 0 Å². The zero-order valence-corrected chi connectivity index (χ0v) is 13.7. The Morgan fingerprint density at radius 3 is 2.81 bits per heavy atom. The molecule has 2 aliphatic rings. The van der Waals surface area contributed by atoms with Crippen LogP contribution in [0.25, 0.3) is 0 Å². The van der Waals surface area contributed by atoms with E-state index in [0.717, 1.165) is 32.5 Å². The Balaban J connectivity index is 1.75. The number of likely N-dealkylation sites (tertiary alicyclic amines) is 1. The van der Waals surface area contributed by atoms with Gasteiger partial charge in [-0.1, -0.05) is 12.2 Å². The van der Waals surface area contributed by atoms with Crippen molar-refractivity contribution in [1.82, 2.24) is 10.2 Å². The highest BCUT2D eigenvalue weighted by Crippen LogP contribution is 2.19. The number of rotatable bonds is 3. The zero-order chi connectivity index (χ0) is 15.3. The van der Waals surface area contributed by atoms with Crippen molar-refractivity contribution in [3.63, 3.8) is 0 Å². The number of nitrogens with zero attached hydrogens (tertiary/aromatic N) is 1. The highest BCUT2D eigenvalue weighted by molar-refractivity contribution is 5.68. The predicted octanol–water partition coefficient (Wildman–Crippen LogP) is 3.33. The van der Waals surface area contributed by atoms with Gasteiger partial charge in [0.2, 0.25) is 0 Å². The normalized spacial score (nSPS) is 26.7. The van der Waals surface area contributed by atoms with Gasteiger partial charge in [0.15, 0.2) is 0 Å². The minimum atomic E-state index is -0.406. The minimum Gasteiger partial charge on any atom is -0.444 e. The Morgan fingerprint density at radius 2 is 2.14 bits per heavy atom. The van der Waals surface area contributed by atoms with Crippen molar-refractivity contribution in [3.8, 4) is 0 Å². The van der Waals surface area contributed by atoms with E-state index in [-0.39, 0.29) is 6.09 Å². The molecule has 2 atom stereocenters. The van der Waals surface area contributed by atoms with Crippen LogP contribution in [0.5, 0.6) is 0 Å². The fraction of sp³-hybridized carbons (Fsp3) is 0.824. The first kappa shape index (κ1) is 16.3. The van der Waals surface area contributed by atoms with Gasteiger partial charge in [-0.05, 0) is 65.3 Å². The molecular weight excluding hydrogens is 264 g/mol. The number of nitrogens with one attached hydrogen (secondary N) is 1. The summed E-state index contributed by atoms with van der Waals surface area (Å²) in [6.07, 6.45) is 10.2. The SMILES string of the molecule is CC(C)(C)OC(=O)N1CCCC(CNC2CC=CCC2)C1. The molecule has 0 aromatic rings. The summed E-state index contributed by atoms with van der Waals surface area (Å²) < 4.78 is 5.48. The van der Waals surface area contributed by atoms with Crippen molar-refractivity contribution in [1.29, 1.82) is 0 Å². The summed E-state index contributed by atoms with van der Waals surface area (Å²) in [5, 5.41) is 3.67. The van der Waals surface area contributed by atoms with E-state index in [0.29, 0.717) is 12.0 Å². The van der Waals surface area contributed by atoms with Crippen molar-refractivity contribution >= 4 is 6.09 Å². The standard InChI is InChI=1S/C17H30N2O2/c1-17(2,3)21-16(20)19-11-7-8-14(13-19)12-18-15-9-5-4-6-10-15/h4-5,14-15,18H,6-13H2,1-3H3. The summed E-state index contributed by atoms with van der Waals surface area (Å²) in [7, 11) is 0. The van der Waals surface area contributed by atoms with Gasteiger partial charge in [0.25, 0.3) is 0 Å². The molecule has 1 aliphatic heterocycles. The molecule has 2 unspecified atom stereocenters. The average molecular weight is 294 g/mol. The van der Waals surface area contributed by atoms with Crippen molar-refractivity contribution in [2.75, 3.05) is 19.6 Å². The Hall–Kier alpha value is -1.03. The van der Waals surface area contributed by atoms with Crippen LogP contribution in [0.1, 0.15) is 52.9 Å². The molecular formula is C17H30N2O2. The van der Waals surface area contributed by atoms with Crippen molar-refractivity contribution < 1.29 is 9.53 Å². The molecule has 1 N–H and O–H groups in total. The molecule has 0 saturated carbocycles. The molecule has 2 rings (SSSR count). The molecule has 0 spiro atoms. The molecule has 1 heterocycles. The summed E-state index contributed by atoms with van der Waals surface area (Å²) in [6, 6.07) is 0.618. The molecule has 0 aromatic carbocycles. The summed E-state index contributed by atoms with van der Waals surface area (Å²) in [5.41, 5.74) is -0.406. The van der Waals surface area contributed by atoms with Gasteiger partial charge in [0.1, 0.15) is 5.60 Å². The molecule has 0 aromatic heterocycles. The summed E-state index contributed by atoms with van der Waals surface area (Å²) in [4.78, 5) is 14.0. The third kappa shape index (κ3) is 5.70. The molecule has 4 nitrogen and oxygen atoms in total. The topological polar surface area (TPSA) is 41.6 Å². The second-order valence-corrected chi connectivity index (χ2v) is 7.32. The fourth-order valence-corrected chi connectivity index (χ4v) is 3.04. The van der Waals surface area contributed by atoms with Crippen LogP contribution in [0.4, 0.5) is 4.79 Å². The first-order valence-corrected chi connectivity index (χ1v) is 8.30. The summed E-state index contributed by atoms with van der Waals surface area (Å²) >= 11 is 0. The van der Waals surface area contributed by atoms with Crippen LogP contribution in [0.3, 0.4) is 0 Å². The third-order valence-corrected chi connectivity index (χ3v) is 4.13. The van der Waals surface area contributed by atoms with Gasteiger partial charge < -0.3 is 15.0 Å². The highest BCUT2D eigenvalue weighted by Gasteiger charge is 2.27. The monoisotopic (exact) mass is 294 g/mol. The Kier molecular flexibility index (Phi) is 5.68. The number of piperidine rings is 1. The van der Waals surface area contributed by atoms with E-state index in [1.165, 1.54) is 19.3 Å².